The average Bonchev–Trinajstić information content (AvgIpc) is 2.52. The lowest BCUT2D eigenvalue weighted by atomic mass is 10.0. The van der Waals surface area contributed by atoms with Crippen molar-refractivity contribution in [2.45, 2.75) is 38.5 Å². The number of aliphatic imine (C=N–C) groups is 1. The minimum absolute atomic E-state index is 0.0666. The van der Waals surface area contributed by atoms with Crippen molar-refractivity contribution < 1.29 is 5.11 Å². The van der Waals surface area contributed by atoms with Crippen LogP contribution in [0.15, 0.2) is 4.99 Å². The van der Waals surface area contributed by atoms with Crippen molar-refractivity contribution in [3.8, 4) is 0 Å². The lowest BCUT2D eigenvalue weighted by Gasteiger charge is -2.12. The van der Waals surface area contributed by atoms with Gasteiger partial charge in [-0.25, -0.2) is 0 Å². The zero-order chi connectivity index (χ0) is 8.10. The first kappa shape index (κ1) is 8.57. The van der Waals surface area contributed by atoms with Gasteiger partial charge in [-0.2, -0.15) is 0 Å². The molecule has 0 atom stereocenters. The first-order valence-electron chi connectivity index (χ1n) is 4.45. The van der Waals surface area contributed by atoms with E-state index in [2.05, 4.69) is 4.99 Å². The van der Waals surface area contributed by atoms with Gasteiger partial charge in [-0.3, -0.25) is 0 Å². The maximum Gasteiger partial charge on any atom is 0.0265 e. The Morgan fingerprint density at radius 1 is 1.45 bits per heavy atom. The predicted molar refractivity (Wildman–Crippen MR) is 44.6 cm³/mol. The maximum absolute atomic E-state index is 10.8. The van der Waals surface area contributed by atoms with E-state index in [0.717, 1.165) is 12.3 Å². The molecule has 0 radical (unpaired) electrons. The number of nitrogens with zero attached hydrogens (tertiary/aromatic N) is 1. The van der Waals surface area contributed by atoms with Crippen LogP contribution in [0.1, 0.15) is 38.5 Å². The Morgan fingerprint density at radius 2 is 2.09 bits per heavy atom. The summed E-state index contributed by atoms with van der Waals surface area (Å²) in [5, 5.41) is 10.8. The van der Waals surface area contributed by atoms with Crippen LogP contribution in [0.2, 0.25) is 0 Å². The van der Waals surface area contributed by atoms with E-state index in [1.165, 1.54) is 25.7 Å². The van der Waals surface area contributed by atoms with Gasteiger partial charge in [-0.05, 0) is 24.7 Å². The standard InChI is InChI=1S/C9H17NO/c1-10-9(11)7-6-8-4-2-3-5-8/h8H,2-7H2,1H3,(H,10,11)/p-1. The van der Waals surface area contributed by atoms with Gasteiger partial charge in [-0.15, -0.1) is 0 Å². The third-order valence-corrected chi connectivity index (χ3v) is 2.49. The summed E-state index contributed by atoms with van der Waals surface area (Å²) in [6.45, 7) is 0. The van der Waals surface area contributed by atoms with Crippen molar-refractivity contribution >= 4 is 5.90 Å². The second-order valence-electron chi connectivity index (χ2n) is 3.31. The fraction of sp³-hybridized carbons (Fsp3) is 0.889. The van der Waals surface area contributed by atoms with E-state index in [1.54, 1.807) is 7.05 Å². The van der Waals surface area contributed by atoms with Crippen LogP contribution in [0, 0.1) is 5.92 Å². The van der Waals surface area contributed by atoms with Gasteiger partial charge in [0.05, 0.1) is 0 Å². The first-order chi connectivity index (χ1) is 5.33. The van der Waals surface area contributed by atoms with Crippen LogP contribution in [0.25, 0.3) is 0 Å². The molecule has 0 aromatic heterocycles. The SMILES string of the molecule is CN=C([O-])CCC1CCCC1. The summed E-state index contributed by atoms with van der Waals surface area (Å²) in [5.41, 5.74) is 0. The van der Waals surface area contributed by atoms with Crippen LogP contribution in [0.4, 0.5) is 0 Å². The molecule has 1 aliphatic carbocycles. The molecule has 1 saturated carbocycles. The van der Waals surface area contributed by atoms with Gasteiger partial charge >= 0.3 is 0 Å². The van der Waals surface area contributed by atoms with E-state index in [4.69, 9.17) is 0 Å². The molecule has 0 N–H and O–H groups in total. The van der Waals surface area contributed by atoms with E-state index in [0.29, 0.717) is 6.42 Å². The molecule has 0 spiro atoms. The van der Waals surface area contributed by atoms with Crippen LogP contribution in [-0.2, 0) is 0 Å². The number of rotatable bonds is 3. The first-order valence-corrected chi connectivity index (χ1v) is 4.45. The summed E-state index contributed by atoms with van der Waals surface area (Å²) in [7, 11) is 1.58. The minimum Gasteiger partial charge on any atom is -0.862 e. The van der Waals surface area contributed by atoms with E-state index in [-0.39, 0.29) is 5.90 Å². The minimum atomic E-state index is 0.0666. The van der Waals surface area contributed by atoms with E-state index < -0.39 is 0 Å². The molecule has 1 rings (SSSR count). The van der Waals surface area contributed by atoms with Crippen molar-refractivity contribution in [1.29, 1.82) is 0 Å². The quantitative estimate of drug-likeness (QED) is 0.446. The van der Waals surface area contributed by atoms with Crippen LogP contribution < -0.4 is 5.11 Å². The molecule has 1 aliphatic rings. The molecule has 64 valence electrons. The molecular formula is C9H16NO-. The molecular weight excluding hydrogens is 138 g/mol. The van der Waals surface area contributed by atoms with Gasteiger partial charge in [0.2, 0.25) is 0 Å². The third kappa shape index (κ3) is 2.91. The van der Waals surface area contributed by atoms with Gasteiger partial charge in [0.1, 0.15) is 0 Å². The van der Waals surface area contributed by atoms with Crippen LogP contribution >= 0.6 is 0 Å². The van der Waals surface area contributed by atoms with Crippen molar-refractivity contribution in [2.24, 2.45) is 10.9 Å². The van der Waals surface area contributed by atoms with Crippen molar-refractivity contribution in [2.75, 3.05) is 7.05 Å². The van der Waals surface area contributed by atoms with Gasteiger partial charge < -0.3 is 10.1 Å². The highest BCUT2D eigenvalue weighted by Crippen LogP contribution is 2.28. The normalized spacial score (nSPS) is 21.0. The van der Waals surface area contributed by atoms with Crippen LogP contribution in [0.5, 0.6) is 0 Å². The van der Waals surface area contributed by atoms with Gasteiger partial charge in [0, 0.05) is 7.05 Å². The summed E-state index contributed by atoms with van der Waals surface area (Å²) in [6, 6.07) is 0. The van der Waals surface area contributed by atoms with Crippen molar-refractivity contribution in [3.63, 3.8) is 0 Å². The molecule has 0 aromatic carbocycles. The third-order valence-electron chi connectivity index (χ3n) is 2.49. The molecule has 2 nitrogen and oxygen atoms in total. The molecule has 0 aliphatic heterocycles. The Morgan fingerprint density at radius 3 is 2.64 bits per heavy atom. The summed E-state index contributed by atoms with van der Waals surface area (Å²) in [5.74, 6) is 0.887. The Hall–Kier alpha value is -0.530. The van der Waals surface area contributed by atoms with Gasteiger partial charge in [0.25, 0.3) is 0 Å². The van der Waals surface area contributed by atoms with E-state index in [1.807, 2.05) is 0 Å². The average molecular weight is 154 g/mol. The van der Waals surface area contributed by atoms with E-state index >= 15 is 0 Å². The molecule has 11 heavy (non-hydrogen) atoms. The summed E-state index contributed by atoms with van der Waals surface area (Å²) in [4.78, 5) is 3.61. The molecule has 0 unspecified atom stereocenters. The summed E-state index contributed by atoms with van der Waals surface area (Å²) < 4.78 is 0. The Bertz CT molecular complexity index is 136. The van der Waals surface area contributed by atoms with Crippen LogP contribution in [-0.4, -0.2) is 12.9 Å². The number of hydrogen-bond donors (Lipinski definition) is 0. The fourth-order valence-electron chi connectivity index (χ4n) is 1.74. The monoisotopic (exact) mass is 154 g/mol. The van der Waals surface area contributed by atoms with Gasteiger partial charge in [0.15, 0.2) is 0 Å². The molecule has 0 amide bonds. The second kappa shape index (κ2) is 4.37. The van der Waals surface area contributed by atoms with Gasteiger partial charge in [-0.1, -0.05) is 25.7 Å². The lowest BCUT2D eigenvalue weighted by molar-refractivity contribution is -0.219. The predicted octanol–water partition coefficient (Wildman–Crippen LogP) is 1.35. The van der Waals surface area contributed by atoms with Crippen molar-refractivity contribution in [1.82, 2.24) is 0 Å². The smallest absolute Gasteiger partial charge is 0.0265 e. The molecule has 1 fully saturated rings. The summed E-state index contributed by atoms with van der Waals surface area (Å²) in [6.07, 6.45) is 7.12. The molecule has 0 bridgehead atoms. The topological polar surface area (TPSA) is 35.4 Å². The molecule has 2 heteroatoms. The van der Waals surface area contributed by atoms with Crippen molar-refractivity contribution in [3.05, 3.63) is 0 Å². The zero-order valence-corrected chi connectivity index (χ0v) is 7.18. The highest BCUT2D eigenvalue weighted by atomic mass is 16.3. The largest absolute Gasteiger partial charge is 0.862 e. The number of hydrogen-bond acceptors (Lipinski definition) is 2. The van der Waals surface area contributed by atoms with E-state index in [9.17, 15) is 5.11 Å². The Balaban J connectivity index is 2.11. The fourth-order valence-corrected chi connectivity index (χ4v) is 1.74. The zero-order valence-electron chi connectivity index (χ0n) is 7.18. The lowest BCUT2D eigenvalue weighted by Crippen LogP contribution is -2.17. The second-order valence-corrected chi connectivity index (χ2v) is 3.31. The molecule has 0 aromatic rings. The highest BCUT2D eigenvalue weighted by Gasteiger charge is 2.13. The maximum atomic E-state index is 10.8. The highest BCUT2D eigenvalue weighted by molar-refractivity contribution is 5.71. The molecule has 0 saturated heterocycles. The Kier molecular flexibility index (Phi) is 3.40. The van der Waals surface area contributed by atoms with Crippen LogP contribution in [0.3, 0.4) is 0 Å². The Labute approximate surface area is 68.3 Å². The summed E-state index contributed by atoms with van der Waals surface area (Å²) >= 11 is 0. The molecule has 0 heterocycles.